The lowest BCUT2D eigenvalue weighted by molar-refractivity contribution is 0.0515. The summed E-state index contributed by atoms with van der Waals surface area (Å²) in [5.74, 6) is -3.03. The number of amides is 1. The lowest BCUT2D eigenvalue weighted by Gasteiger charge is -2.32. The zero-order valence-corrected chi connectivity index (χ0v) is 12.6. The molecule has 1 fully saturated rings. The molecule has 126 valence electrons. The highest BCUT2D eigenvalue weighted by Crippen LogP contribution is 2.18. The van der Waals surface area contributed by atoms with Gasteiger partial charge in [0.05, 0.1) is 18.9 Å². The molecule has 1 aromatic carbocycles. The summed E-state index contributed by atoms with van der Waals surface area (Å²) in [6.45, 7) is 0.751. The predicted octanol–water partition coefficient (Wildman–Crippen LogP) is 2.58. The van der Waals surface area contributed by atoms with E-state index >= 15 is 0 Å². The summed E-state index contributed by atoms with van der Waals surface area (Å²) in [7, 11) is 0. The third kappa shape index (κ3) is 3.64. The number of aromatic nitrogens is 2. The number of benzene rings is 1. The van der Waals surface area contributed by atoms with E-state index in [0.717, 1.165) is 24.5 Å². The Bertz CT molecular complexity index is 740. The first-order chi connectivity index (χ1) is 11.5. The van der Waals surface area contributed by atoms with Crippen LogP contribution in [0.2, 0.25) is 0 Å². The van der Waals surface area contributed by atoms with Gasteiger partial charge in [0.2, 0.25) is 0 Å². The Morgan fingerprint density at radius 2 is 1.92 bits per heavy atom. The van der Waals surface area contributed by atoms with E-state index in [1.165, 1.54) is 11.0 Å². The minimum absolute atomic E-state index is 0.0310. The Morgan fingerprint density at radius 1 is 1.17 bits per heavy atom. The summed E-state index contributed by atoms with van der Waals surface area (Å²) in [6, 6.07) is 3.08. The zero-order valence-electron chi connectivity index (χ0n) is 12.6. The van der Waals surface area contributed by atoms with Crippen molar-refractivity contribution in [2.45, 2.75) is 18.9 Å². The first-order valence-electron chi connectivity index (χ1n) is 7.41. The average Bonchev–Trinajstić information content (AvgIpc) is 2.59. The molecule has 0 aliphatic carbocycles. The van der Waals surface area contributed by atoms with Crippen molar-refractivity contribution < 1.29 is 22.7 Å². The van der Waals surface area contributed by atoms with E-state index in [2.05, 4.69) is 9.97 Å². The van der Waals surface area contributed by atoms with Gasteiger partial charge in [-0.3, -0.25) is 4.79 Å². The van der Waals surface area contributed by atoms with Crippen LogP contribution in [0.25, 0.3) is 0 Å². The molecule has 0 unspecified atom stereocenters. The van der Waals surface area contributed by atoms with Crippen molar-refractivity contribution in [3.63, 3.8) is 0 Å². The first-order valence-corrected chi connectivity index (χ1v) is 7.41. The highest BCUT2D eigenvalue weighted by atomic mass is 19.2. The normalized spacial score (nSPS) is 17.6. The summed E-state index contributed by atoms with van der Waals surface area (Å²) >= 11 is 0. The number of rotatable bonds is 3. The monoisotopic (exact) mass is 337 g/mol. The SMILES string of the molecule is O=C(c1ccc(F)c(F)c1)N1CCC[C@@H](Oc2ncc(F)cn2)C1. The van der Waals surface area contributed by atoms with Gasteiger partial charge < -0.3 is 9.64 Å². The molecular formula is C16H14F3N3O2. The fourth-order valence-corrected chi connectivity index (χ4v) is 2.54. The Morgan fingerprint density at radius 3 is 2.62 bits per heavy atom. The third-order valence-corrected chi connectivity index (χ3v) is 3.70. The van der Waals surface area contributed by atoms with Gasteiger partial charge in [-0.25, -0.2) is 23.1 Å². The molecule has 1 amide bonds. The second-order valence-electron chi connectivity index (χ2n) is 5.45. The van der Waals surface area contributed by atoms with Crippen molar-refractivity contribution in [3.05, 3.63) is 53.6 Å². The summed E-state index contributed by atoms with van der Waals surface area (Å²) in [5.41, 5.74) is 0.0765. The Kier molecular flexibility index (Phi) is 4.64. The second kappa shape index (κ2) is 6.86. The molecule has 0 radical (unpaired) electrons. The van der Waals surface area contributed by atoms with Crippen LogP contribution in [-0.4, -0.2) is 40.0 Å². The van der Waals surface area contributed by atoms with E-state index in [1.807, 2.05) is 0 Å². The molecule has 5 nitrogen and oxygen atoms in total. The fourth-order valence-electron chi connectivity index (χ4n) is 2.54. The number of nitrogens with zero attached hydrogens (tertiary/aromatic N) is 3. The van der Waals surface area contributed by atoms with Crippen LogP contribution in [0.5, 0.6) is 6.01 Å². The lowest BCUT2D eigenvalue weighted by Crippen LogP contribution is -2.44. The molecular weight excluding hydrogens is 323 g/mol. The van der Waals surface area contributed by atoms with Gasteiger partial charge in [-0.2, -0.15) is 0 Å². The van der Waals surface area contributed by atoms with Gasteiger partial charge >= 0.3 is 6.01 Å². The molecule has 2 aromatic rings. The molecule has 2 heterocycles. The van der Waals surface area contributed by atoms with E-state index in [1.54, 1.807) is 0 Å². The number of likely N-dealkylation sites (tertiary alicyclic amines) is 1. The van der Waals surface area contributed by atoms with Crippen LogP contribution in [0, 0.1) is 17.5 Å². The number of carbonyl (C=O) groups is 1. The molecule has 1 aromatic heterocycles. The average molecular weight is 337 g/mol. The van der Waals surface area contributed by atoms with E-state index in [0.29, 0.717) is 19.4 Å². The third-order valence-electron chi connectivity index (χ3n) is 3.70. The maximum Gasteiger partial charge on any atom is 0.316 e. The Labute approximate surface area is 136 Å². The highest BCUT2D eigenvalue weighted by molar-refractivity contribution is 5.94. The van der Waals surface area contributed by atoms with Gasteiger partial charge in [0.25, 0.3) is 5.91 Å². The topological polar surface area (TPSA) is 55.3 Å². The zero-order chi connectivity index (χ0) is 17.1. The second-order valence-corrected chi connectivity index (χ2v) is 5.45. The molecule has 0 N–H and O–H groups in total. The molecule has 24 heavy (non-hydrogen) atoms. The smallest absolute Gasteiger partial charge is 0.316 e. The van der Waals surface area contributed by atoms with Crippen LogP contribution in [0.4, 0.5) is 13.2 Å². The number of hydrogen-bond acceptors (Lipinski definition) is 4. The van der Waals surface area contributed by atoms with Crippen LogP contribution >= 0.6 is 0 Å². The summed E-state index contributed by atoms with van der Waals surface area (Å²) < 4.78 is 44.6. The minimum Gasteiger partial charge on any atom is -0.458 e. The largest absolute Gasteiger partial charge is 0.458 e. The summed E-state index contributed by atoms with van der Waals surface area (Å²) in [6.07, 6.45) is 3.01. The van der Waals surface area contributed by atoms with E-state index < -0.39 is 23.4 Å². The van der Waals surface area contributed by atoms with Crippen LogP contribution in [0.1, 0.15) is 23.2 Å². The quantitative estimate of drug-likeness (QED) is 0.864. The van der Waals surface area contributed by atoms with Gasteiger partial charge in [0.1, 0.15) is 6.10 Å². The number of ether oxygens (including phenoxy) is 1. The van der Waals surface area contributed by atoms with Gasteiger partial charge in [-0.1, -0.05) is 0 Å². The van der Waals surface area contributed by atoms with Crippen molar-refractivity contribution in [1.82, 2.24) is 14.9 Å². The molecule has 0 bridgehead atoms. The van der Waals surface area contributed by atoms with Crippen molar-refractivity contribution in [1.29, 1.82) is 0 Å². The van der Waals surface area contributed by atoms with E-state index in [9.17, 15) is 18.0 Å². The first kappa shape index (κ1) is 16.2. The molecule has 1 aliphatic heterocycles. The van der Waals surface area contributed by atoms with Crippen molar-refractivity contribution in [3.8, 4) is 6.01 Å². The van der Waals surface area contributed by atoms with Gasteiger partial charge in [-0.15, -0.1) is 0 Å². The van der Waals surface area contributed by atoms with Crippen LogP contribution in [0.15, 0.2) is 30.6 Å². The Balaban J connectivity index is 1.67. The van der Waals surface area contributed by atoms with Crippen LogP contribution in [-0.2, 0) is 0 Å². The van der Waals surface area contributed by atoms with Gasteiger partial charge in [-0.05, 0) is 31.0 Å². The highest BCUT2D eigenvalue weighted by Gasteiger charge is 2.26. The summed E-state index contributed by atoms with van der Waals surface area (Å²) in [4.78, 5) is 21.3. The maximum absolute atomic E-state index is 13.3. The van der Waals surface area contributed by atoms with Crippen molar-refractivity contribution in [2.24, 2.45) is 0 Å². The van der Waals surface area contributed by atoms with E-state index in [4.69, 9.17) is 4.74 Å². The lowest BCUT2D eigenvalue weighted by atomic mass is 10.1. The molecule has 1 atom stereocenters. The fraction of sp³-hybridized carbons (Fsp3) is 0.312. The minimum atomic E-state index is -1.06. The summed E-state index contributed by atoms with van der Waals surface area (Å²) in [5, 5.41) is 0. The molecule has 1 aliphatic rings. The Hall–Kier alpha value is -2.64. The predicted molar refractivity (Wildman–Crippen MR) is 77.9 cm³/mol. The standard InChI is InChI=1S/C16H14F3N3O2/c17-11-7-20-16(21-8-11)24-12-2-1-5-22(9-12)15(23)10-3-4-13(18)14(19)6-10/h3-4,6-8,12H,1-2,5,9H2/t12-/m1/s1. The van der Waals surface area contributed by atoms with Gasteiger partial charge in [0, 0.05) is 12.1 Å². The number of piperidine rings is 1. The molecule has 1 saturated heterocycles. The molecule has 3 rings (SSSR count). The van der Waals surface area contributed by atoms with Gasteiger partial charge in [0.15, 0.2) is 17.5 Å². The molecule has 8 heteroatoms. The maximum atomic E-state index is 13.3. The van der Waals surface area contributed by atoms with Crippen LogP contribution in [0.3, 0.4) is 0 Å². The number of halogens is 3. The van der Waals surface area contributed by atoms with E-state index in [-0.39, 0.29) is 24.2 Å². The number of hydrogen-bond donors (Lipinski definition) is 0. The number of carbonyl (C=O) groups excluding carboxylic acids is 1. The van der Waals surface area contributed by atoms with Crippen molar-refractivity contribution in [2.75, 3.05) is 13.1 Å². The molecule has 0 saturated carbocycles. The van der Waals surface area contributed by atoms with Crippen molar-refractivity contribution >= 4 is 5.91 Å². The molecule has 0 spiro atoms. The van der Waals surface area contributed by atoms with Crippen LogP contribution < -0.4 is 4.74 Å².